The van der Waals surface area contributed by atoms with E-state index in [2.05, 4.69) is 21.8 Å². The molecule has 4 heteroatoms. The Bertz CT molecular complexity index is 238. The van der Waals surface area contributed by atoms with Crippen LogP contribution in [0.15, 0.2) is 6.58 Å². The molecule has 0 unspecified atom stereocenters. The van der Waals surface area contributed by atoms with Crippen molar-refractivity contribution in [2.45, 2.75) is 13.3 Å². The van der Waals surface area contributed by atoms with Crippen LogP contribution in [-0.4, -0.2) is 15.2 Å². The zero-order chi connectivity index (χ0) is 7.56. The monoisotopic (exact) mass is 138 g/mol. The maximum Gasteiger partial charge on any atom is 0.239 e. The van der Waals surface area contributed by atoms with Crippen molar-refractivity contribution in [2.24, 2.45) is 0 Å². The molecule has 0 saturated heterocycles. The number of nitrogen functional groups attached to an aromatic ring is 1. The van der Waals surface area contributed by atoms with Crippen LogP contribution in [0.1, 0.15) is 19.2 Å². The van der Waals surface area contributed by atoms with Gasteiger partial charge in [0.05, 0.1) is 0 Å². The minimum Gasteiger partial charge on any atom is -0.366 e. The van der Waals surface area contributed by atoms with E-state index in [9.17, 15) is 0 Å². The molecule has 0 atom stereocenters. The summed E-state index contributed by atoms with van der Waals surface area (Å²) in [6, 6.07) is 0. The zero-order valence-corrected chi connectivity index (χ0v) is 5.89. The van der Waals surface area contributed by atoms with Crippen LogP contribution in [0.2, 0.25) is 0 Å². The molecule has 1 aromatic rings. The van der Waals surface area contributed by atoms with Crippen molar-refractivity contribution in [3.63, 3.8) is 0 Å². The lowest BCUT2D eigenvalue weighted by Crippen LogP contribution is -1.86. The molecular weight excluding hydrogens is 128 g/mol. The molecule has 0 radical (unpaired) electrons. The van der Waals surface area contributed by atoms with Gasteiger partial charge in [-0.25, -0.2) is 0 Å². The summed E-state index contributed by atoms with van der Waals surface area (Å²) in [5.41, 5.74) is 6.20. The third kappa shape index (κ3) is 1.15. The summed E-state index contributed by atoms with van der Waals surface area (Å²) in [4.78, 5) is 3.89. The summed E-state index contributed by atoms with van der Waals surface area (Å²) in [6.07, 6.45) is 0.856. The zero-order valence-electron chi connectivity index (χ0n) is 5.89. The molecule has 0 amide bonds. The predicted molar refractivity (Wildman–Crippen MR) is 40.1 cm³/mol. The molecule has 0 aliphatic carbocycles. The van der Waals surface area contributed by atoms with E-state index in [0.29, 0.717) is 5.82 Å². The van der Waals surface area contributed by atoms with Crippen LogP contribution < -0.4 is 5.73 Å². The molecular formula is C6H10N4. The average molecular weight is 138 g/mol. The van der Waals surface area contributed by atoms with Gasteiger partial charge in [-0.1, -0.05) is 13.5 Å². The van der Waals surface area contributed by atoms with Gasteiger partial charge >= 0.3 is 0 Å². The molecule has 0 aliphatic rings. The molecule has 1 aromatic heterocycles. The Labute approximate surface area is 59.2 Å². The fourth-order valence-corrected chi connectivity index (χ4v) is 0.600. The maximum absolute atomic E-state index is 5.28. The van der Waals surface area contributed by atoms with Crippen LogP contribution in [0, 0.1) is 0 Å². The largest absolute Gasteiger partial charge is 0.366 e. The van der Waals surface area contributed by atoms with E-state index in [1.165, 1.54) is 0 Å². The summed E-state index contributed by atoms with van der Waals surface area (Å²) in [5.74, 6) is 0.949. The molecule has 0 saturated carbocycles. The molecule has 3 N–H and O–H groups in total. The number of anilines is 1. The van der Waals surface area contributed by atoms with E-state index in [0.717, 1.165) is 12.0 Å². The standard InChI is InChI=1S/C6H10N4/c1-3-4(2)5-8-6(7)10-9-5/h2-3H2,1H3,(H3,7,8,9,10). The third-order valence-corrected chi connectivity index (χ3v) is 1.26. The highest BCUT2D eigenvalue weighted by atomic mass is 15.3. The van der Waals surface area contributed by atoms with E-state index in [1.807, 2.05) is 6.92 Å². The van der Waals surface area contributed by atoms with Crippen LogP contribution in [0.25, 0.3) is 5.57 Å². The summed E-state index contributed by atoms with van der Waals surface area (Å²) in [7, 11) is 0. The van der Waals surface area contributed by atoms with Gasteiger partial charge in [0.15, 0.2) is 5.82 Å². The highest BCUT2D eigenvalue weighted by Crippen LogP contribution is 2.09. The van der Waals surface area contributed by atoms with Gasteiger partial charge < -0.3 is 5.73 Å². The third-order valence-electron chi connectivity index (χ3n) is 1.26. The van der Waals surface area contributed by atoms with Gasteiger partial charge in [-0.05, 0) is 12.0 Å². The highest BCUT2D eigenvalue weighted by molar-refractivity contribution is 5.56. The number of nitrogens with one attached hydrogen (secondary N) is 1. The Balaban J connectivity index is 2.85. The topological polar surface area (TPSA) is 67.6 Å². The van der Waals surface area contributed by atoms with Crippen LogP contribution >= 0.6 is 0 Å². The van der Waals surface area contributed by atoms with Gasteiger partial charge in [0.2, 0.25) is 5.95 Å². The molecule has 54 valence electrons. The summed E-state index contributed by atoms with van der Waals surface area (Å²) < 4.78 is 0. The van der Waals surface area contributed by atoms with Crippen molar-refractivity contribution in [2.75, 3.05) is 5.73 Å². The van der Waals surface area contributed by atoms with E-state index in [1.54, 1.807) is 0 Å². The number of hydrogen-bond acceptors (Lipinski definition) is 3. The second kappa shape index (κ2) is 2.51. The maximum atomic E-state index is 5.28. The van der Waals surface area contributed by atoms with Crippen molar-refractivity contribution in [1.29, 1.82) is 0 Å². The lowest BCUT2D eigenvalue weighted by Gasteiger charge is -1.91. The van der Waals surface area contributed by atoms with Crippen molar-refractivity contribution in [3.05, 3.63) is 12.4 Å². The number of allylic oxidation sites excluding steroid dienone is 1. The van der Waals surface area contributed by atoms with Gasteiger partial charge in [0.1, 0.15) is 0 Å². The Morgan fingerprint density at radius 3 is 2.90 bits per heavy atom. The van der Waals surface area contributed by atoms with E-state index >= 15 is 0 Å². The van der Waals surface area contributed by atoms with Crippen molar-refractivity contribution in [3.8, 4) is 0 Å². The SMILES string of the molecule is C=C(CC)c1nc(N)n[nH]1. The quantitative estimate of drug-likeness (QED) is 0.635. The number of aromatic amines is 1. The second-order valence-electron chi connectivity index (χ2n) is 2.00. The fourth-order valence-electron chi connectivity index (χ4n) is 0.600. The summed E-state index contributed by atoms with van der Waals surface area (Å²) in [6.45, 7) is 5.77. The molecule has 10 heavy (non-hydrogen) atoms. The minimum absolute atomic E-state index is 0.268. The van der Waals surface area contributed by atoms with Gasteiger partial charge in [0, 0.05) is 0 Å². The van der Waals surface area contributed by atoms with Crippen LogP contribution in [0.3, 0.4) is 0 Å². The van der Waals surface area contributed by atoms with Crippen LogP contribution in [0.4, 0.5) is 5.95 Å². The van der Waals surface area contributed by atoms with Crippen LogP contribution in [0.5, 0.6) is 0 Å². The average Bonchev–Trinajstić information content (AvgIpc) is 2.34. The molecule has 0 bridgehead atoms. The second-order valence-corrected chi connectivity index (χ2v) is 2.00. The fraction of sp³-hybridized carbons (Fsp3) is 0.333. The lowest BCUT2D eigenvalue weighted by molar-refractivity contribution is 1.06. The first-order valence-electron chi connectivity index (χ1n) is 3.10. The molecule has 4 nitrogen and oxygen atoms in total. The Kier molecular flexibility index (Phi) is 1.71. The first kappa shape index (κ1) is 6.80. The molecule has 0 fully saturated rings. The van der Waals surface area contributed by atoms with Gasteiger partial charge in [-0.15, -0.1) is 5.10 Å². The smallest absolute Gasteiger partial charge is 0.239 e. The van der Waals surface area contributed by atoms with Crippen LogP contribution in [-0.2, 0) is 0 Å². The first-order valence-corrected chi connectivity index (χ1v) is 3.10. The van der Waals surface area contributed by atoms with Gasteiger partial charge in [-0.3, -0.25) is 5.10 Å². The Morgan fingerprint density at radius 1 is 1.80 bits per heavy atom. The molecule has 0 aromatic carbocycles. The molecule has 1 rings (SSSR count). The summed E-state index contributed by atoms with van der Waals surface area (Å²) >= 11 is 0. The lowest BCUT2D eigenvalue weighted by atomic mass is 10.2. The number of nitrogens with two attached hydrogens (primary N) is 1. The minimum atomic E-state index is 0.268. The first-order chi connectivity index (χ1) is 4.74. The number of aromatic nitrogens is 3. The molecule has 0 aliphatic heterocycles. The highest BCUT2D eigenvalue weighted by Gasteiger charge is 2.00. The normalized spacial score (nSPS) is 9.70. The number of hydrogen-bond donors (Lipinski definition) is 2. The number of nitrogens with zero attached hydrogens (tertiary/aromatic N) is 2. The molecule has 0 spiro atoms. The van der Waals surface area contributed by atoms with Crippen molar-refractivity contribution >= 4 is 11.5 Å². The Hall–Kier alpha value is -1.32. The van der Waals surface area contributed by atoms with E-state index in [4.69, 9.17) is 5.73 Å². The van der Waals surface area contributed by atoms with Gasteiger partial charge in [-0.2, -0.15) is 4.98 Å². The predicted octanol–water partition coefficient (Wildman–Crippen LogP) is 0.810. The van der Waals surface area contributed by atoms with Gasteiger partial charge in [0.25, 0.3) is 0 Å². The van der Waals surface area contributed by atoms with Crippen molar-refractivity contribution < 1.29 is 0 Å². The number of H-pyrrole nitrogens is 1. The number of rotatable bonds is 2. The van der Waals surface area contributed by atoms with E-state index < -0.39 is 0 Å². The van der Waals surface area contributed by atoms with E-state index in [-0.39, 0.29) is 5.95 Å². The molecule has 1 heterocycles. The van der Waals surface area contributed by atoms with Crippen molar-refractivity contribution in [1.82, 2.24) is 15.2 Å². The Morgan fingerprint density at radius 2 is 2.50 bits per heavy atom. The summed E-state index contributed by atoms with van der Waals surface area (Å²) in [5, 5.41) is 6.34.